The fraction of sp³-hybridized carbons (Fsp3) is 0.650. The minimum absolute atomic E-state index is 0.0474. The van der Waals surface area contributed by atoms with Crippen LogP contribution in [0.25, 0.3) is 0 Å². The van der Waals surface area contributed by atoms with E-state index >= 15 is 0 Å². The smallest absolute Gasteiger partial charge is 0.191 e. The summed E-state index contributed by atoms with van der Waals surface area (Å²) >= 11 is 0. The molecule has 8 heteroatoms. The van der Waals surface area contributed by atoms with Crippen molar-refractivity contribution in [3.8, 4) is 0 Å². The highest BCUT2D eigenvalue weighted by Gasteiger charge is 2.28. The molecule has 0 saturated carbocycles. The molecule has 156 valence electrons. The zero-order valence-electron chi connectivity index (χ0n) is 17.0. The Hall–Kier alpha value is -1.64. The van der Waals surface area contributed by atoms with Crippen LogP contribution in [0.3, 0.4) is 0 Å². The van der Waals surface area contributed by atoms with Crippen molar-refractivity contribution in [1.82, 2.24) is 20.4 Å². The first-order valence-electron chi connectivity index (χ1n) is 10.2. The molecule has 2 aliphatic rings. The maximum Gasteiger partial charge on any atom is 0.191 e. The summed E-state index contributed by atoms with van der Waals surface area (Å²) in [6.45, 7) is 8.84. The van der Waals surface area contributed by atoms with Gasteiger partial charge in [-0.15, -0.1) is 0 Å². The van der Waals surface area contributed by atoms with Crippen molar-refractivity contribution in [3.63, 3.8) is 0 Å². The maximum atomic E-state index is 11.6. The van der Waals surface area contributed by atoms with E-state index < -0.39 is 9.84 Å². The second-order valence-electron chi connectivity index (χ2n) is 7.84. The third kappa shape index (κ3) is 6.46. The molecule has 7 nitrogen and oxygen atoms in total. The molecule has 0 amide bonds. The van der Waals surface area contributed by atoms with Gasteiger partial charge < -0.3 is 15.5 Å². The van der Waals surface area contributed by atoms with Crippen molar-refractivity contribution >= 4 is 15.8 Å². The SMILES string of the molecule is CCNC(=NCc1ccc(CN2CCN(C)CC2)cc1)NC1CCS(=O)(=O)C1. The maximum absolute atomic E-state index is 11.6. The van der Waals surface area contributed by atoms with E-state index in [0.29, 0.717) is 18.9 Å². The number of nitrogens with zero attached hydrogens (tertiary/aromatic N) is 3. The molecule has 1 atom stereocenters. The fourth-order valence-corrected chi connectivity index (χ4v) is 5.28. The zero-order chi connectivity index (χ0) is 20.0. The summed E-state index contributed by atoms with van der Waals surface area (Å²) in [6.07, 6.45) is 0.647. The number of benzene rings is 1. The minimum Gasteiger partial charge on any atom is -0.357 e. The van der Waals surface area contributed by atoms with Crippen LogP contribution in [0.4, 0.5) is 0 Å². The third-order valence-electron chi connectivity index (χ3n) is 5.36. The largest absolute Gasteiger partial charge is 0.357 e. The molecule has 28 heavy (non-hydrogen) atoms. The van der Waals surface area contributed by atoms with Crippen LogP contribution in [0.1, 0.15) is 24.5 Å². The lowest BCUT2D eigenvalue weighted by Gasteiger charge is -2.32. The number of likely N-dealkylation sites (N-methyl/N-ethyl adjacent to an activating group) is 1. The number of rotatable bonds is 6. The van der Waals surface area contributed by atoms with Gasteiger partial charge in [0.05, 0.1) is 18.1 Å². The van der Waals surface area contributed by atoms with Crippen LogP contribution in [-0.4, -0.2) is 81.5 Å². The van der Waals surface area contributed by atoms with Gasteiger partial charge in [0.1, 0.15) is 0 Å². The van der Waals surface area contributed by atoms with Crippen molar-refractivity contribution in [1.29, 1.82) is 0 Å². The summed E-state index contributed by atoms with van der Waals surface area (Å²) in [5, 5.41) is 6.47. The topological polar surface area (TPSA) is 77.0 Å². The zero-order valence-corrected chi connectivity index (χ0v) is 17.8. The minimum atomic E-state index is -2.90. The molecule has 2 N–H and O–H groups in total. The lowest BCUT2D eigenvalue weighted by Crippen LogP contribution is -2.44. The molecular weight excluding hydrogens is 374 g/mol. The number of piperazine rings is 1. The summed E-state index contributed by atoms with van der Waals surface area (Å²) in [5.41, 5.74) is 2.48. The highest BCUT2D eigenvalue weighted by atomic mass is 32.2. The van der Waals surface area contributed by atoms with Crippen molar-refractivity contribution in [3.05, 3.63) is 35.4 Å². The average Bonchev–Trinajstić information content (AvgIpc) is 3.01. The monoisotopic (exact) mass is 407 g/mol. The molecule has 1 unspecified atom stereocenters. The van der Waals surface area contributed by atoms with Crippen LogP contribution < -0.4 is 10.6 Å². The Bertz CT molecular complexity index is 755. The van der Waals surface area contributed by atoms with Crippen LogP contribution in [0, 0.1) is 0 Å². The number of hydrogen-bond donors (Lipinski definition) is 2. The quantitative estimate of drug-likeness (QED) is 0.533. The van der Waals surface area contributed by atoms with E-state index in [0.717, 1.165) is 44.8 Å². The lowest BCUT2D eigenvalue weighted by atomic mass is 10.1. The standard InChI is InChI=1S/C20H33N5O2S/c1-3-21-20(23-19-8-13-28(26,27)16-19)22-14-17-4-6-18(7-5-17)15-25-11-9-24(2)10-12-25/h4-7,19H,3,8-16H2,1-2H3,(H2,21,22,23). The van der Waals surface area contributed by atoms with Crippen molar-refractivity contribution in [2.45, 2.75) is 32.5 Å². The molecule has 0 aliphatic carbocycles. The van der Waals surface area contributed by atoms with Crippen molar-refractivity contribution < 1.29 is 8.42 Å². The Labute approximate surface area is 169 Å². The molecule has 0 aromatic heterocycles. The second-order valence-corrected chi connectivity index (χ2v) is 10.1. The highest BCUT2D eigenvalue weighted by Crippen LogP contribution is 2.12. The van der Waals surface area contributed by atoms with E-state index in [1.165, 1.54) is 5.56 Å². The predicted octanol–water partition coefficient (Wildman–Crippen LogP) is 0.676. The molecule has 1 aromatic rings. The van der Waals surface area contributed by atoms with Crippen molar-refractivity contribution in [2.24, 2.45) is 4.99 Å². The Kier molecular flexibility index (Phi) is 7.31. The van der Waals surface area contributed by atoms with E-state index in [9.17, 15) is 8.42 Å². The molecule has 2 heterocycles. The van der Waals surface area contributed by atoms with E-state index in [1.54, 1.807) is 0 Å². The summed E-state index contributed by atoms with van der Waals surface area (Å²) in [4.78, 5) is 9.50. The van der Waals surface area contributed by atoms with Crippen LogP contribution >= 0.6 is 0 Å². The van der Waals surface area contributed by atoms with Gasteiger partial charge in [-0.1, -0.05) is 24.3 Å². The summed E-state index contributed by atoms with van der Waals surface area (Å²) in [5.74, 6) is 1.14. The highest BCUT2D eigenvalue weighted by molar-refractivity contribution is 7.91. The van der Waals surface area contributed by atoms with Crippen LogP contribution in [0.15, 0.2) is 29.3 Å². The van der Waals surface area contributed by atoms with E-state index in [4.69, 9.17) is 0 Å². The van der Waals surface area contributed by atoms with Crippen LogP contribution in [0.2, 0.25) is 0 Å². The van der Waals surface area contributed by atoms with E-state index in [1.807, 2.05) is 6.92 Å². The van der Waals surface area contributed by atoms with Gasteiger partial charge in [0.25, 0.3) is 0 Å². The molecule has 1 aromatic carbocycles. The Morgan fingerprint density at radius 2 is 1.82 bits per heavy atom. The van der Waals surface area contributed by atoms with Gasteiger partial charge in [-0.2, -0.15) is 0 Å². The van der Waals surface area contributed by atoms with Gasteiger partial charge in [-0.3, -0.25) is 4.90 Å². The molecule has 2 saturated heterocycles. The normalized spacial score (nSPS) is 23.6. The number of aliphatic imine (C=N–C) groups is 1. The van der Waals surface area contributed by atoms with Gasteiger partial charge in [-0.05, 0) is 31.5 Å². The van der Waals surface area contributed by atoms with Gasteiger partial charge in [-0.25, -0.2) is 13.4 Å². The Morgan fingerprint density at radius 1 is 1.14 bits per heavy atom. The molecule has 3 rings (SSSR count). The van der Waals surface area contributed by atoms with Gasteiger partial charge in [0.15, 0.2) is 15.8 Å². The van der Waals surface area contributed by atoms with E-state index in [-0.39, 0.29) is 17.5 Å². The average molecular weight is 408 g/mol. The third-order valence-corrected chi connectivity index (χ3v) is 7.13. The van der Waals surface area contributed by atoms with Gasteiger partial charge in [0.2, 0.25) is 0 Å². The number of hydrogen-bond acceptors (Lipinski definition) is 5. The Balaban J connectivity index is 1.52. The first-order valence-corrected chi connectivity index (χ1v) is 12.0. The molecular formula is C20H33N5O2S. The van der Waals surface area contributed by atoms with Crippen molar-refractivity contribution in [2.75, 3.05) is 51.3 Å². The number of sulfone groups is 1. The number of nitrogens with one attached hydrogen (secondary N) is 2. The van der Waals surface area contributed by atoms with E-state index in [2.05, 4.69) is 56.7 Å². The van der Waals surface area contributed by atoms with Gasteiger partial charge in [0, 0.05) is 45.3 Å². The summed E-state index contributed by atoms with van der Waals surface area (Å²) in [6, 6.07) is 8.60. The molecule has 0 radical (unpaired) electrons. The fourth-order valence-electron chi connectivity index (χ4n) is 3.61. The van der Waals surface area contributed by atoms with Crippen LogP contribution in [0.5, 0.6) is 0 Å². The molecule has 2 fully saturated rings. The molecule has 0 bridgehead atoms. The molecule has 0 spiro atoms. The van der Waals surface area contributed by atoms with Gasteiger partial charge >= 0.3 is 0 Å². The number of guanidine groups is 1. The first-order chi connectivity index (χ1) is 13.4. The first kappa shape index (κ1) is 21.1. The van der Waals surface area contributed by atoms with Crippen LogP contribution in [-0.2, 0) is 22.9 Å². The predicted molar refractivity (Wildman–Crippen MR) is 114 cm³/mol. The molecule has 2 aliphatic heterocycles. The Morgan fingerprint density at radius 3 is 2.43 bits per heavy atom. The lowest BCUT2D eigenvalue weighted by molar-refractivity contribution is 0.148. The second kappa shape index (κ2) is 9.71. The summed E-state index contributed by atoms with van der Waals surface area (Å²) in [7, 11) is -0.720. The summed E-state index contributed by atoms with van der Waals surface area (Å²) < 4.78 is 23.3.